The van der Waals surface area contributed by atoms with E-state index in [1.54, 1.807) is 0 Å². The summed E-state index contributed by atoms with van der Waals surface area (Å²) in [5, 5.41) is 0. The van der Waals surface area contributed by atoms with Gasteiger partial charge in [0, 0.05) is 0 Å². The predicted octanol–water partition coefficient (Wildman–Crippen LogP) is 4.15. The molecule has 0 N–H and O–H groups in total. The van der Waals surface area contributed by atoms with Crippen molar-refractivity contribution in [1.82, 2.24) is 0 Å². The second kappa shape index (κ2) is 8.81. The number of hydrogen-bond donors (Lipinski definition) is 0. The van der Waals surface area contributed by atoms with Crippen LogP contribution in [0, 0.1) is 5.92 Å². The van der Waals surface area contributed by atoms with Crippen LogP contribution in [-0.4, -0.2) is 0 Å². The number of allylic oxidation sites excluding steroid dienone is 4. The van der Waals surface area contributed by atoms with Crippen LogP contribution in [0.25, 0.3) is 0 Å². The molecule has 0 fully saturated rings. The molecule has 0 aromatic carbocycles. The normalized spacial score (nSPS) is 19.1. The van der Waals surface area contributed by atoms with E-state index in [1.165, 1.54) is 24.8 Å². The van der Waals surface area contributed by atoms with Crippen molar-refractivity contribution in [2.24, 2.45) is 5.92 Å². The van der Waals surface area contributed by atoms with Gasteiger partial charge in [0.25, 0.3) is 0 Å². The van der Waals surface area contributed by atoms with Crippen molar-refractivity contribution in [2.45, 2.75) is 33.1 Å². The van der Waals surface area contributed by atoms with Gasteiger partial charge in [-0.05, 0) is 18.8 Å². The standard InChI is InChI=1S/C10H16.2FH.Zr/c1-3-4-5-10-7-6-9(2)8-10;;;/h6-9H,3-5H2,1-2H3;2*1H;/q;;;+2/p-2. The van der Waals surface area contributed by atoms with E-state index >= 15 is 0 Å². The Hall–Kier alpha value is 0.223. The molecule has 0 aliphatic heterocycles. The fourth-order valence-electron chi connectivity index (χ4n) is 1.27. The average Bonchev–Trinajstić information content (AvgIpc) is 2.49. The molecule has 74 valence electrons. The summed E-state index contributed by atoms with van der Waals surface area (Å²) < 4.78 is 19.6. The molecule has 13 heavy (non-hydrogen) atoms. The molecule has 0 aromatic heterocycles. The SMILES string of the molecule is CCCCC1=CC(C)C=C1.[F][Zr][F]. The van der Waals surface area contributed by atoms with E-state index in [2.05, 4.69) is 32.1 Å². The van der Waals surface area contributed by atoms with Crippen molar-refractivity contribution in [1.29, 1.82) is 0 Å². The van der Waals surface area contributed by atoms with Gasteiger partial charge in [-0.3, -0.25) is 0 Å². The van der Waals surface area contributed by atoms with Gasteiger partial charge >= 0.3 is 29.7 Å². The molecule has 0 heterocycles. The maximum atomic E-state index is 9.80. The summed E-state index contributed by atoms with van der Waals surface area (Å²) in [7, 11) is 0. The van der Waals surface area contributed by atoms with Crippen LogP contribution in [0.5, 0.6) is 0 Å². The van der Waals surface area contributed by atoms with Gasteiger partial charge in [-0.25, -0.2) is 0 Å². The molecule has 1 unspecified atom stereocenters. The summed E-state index contributed by atoms with van der Waals surface area (Å²) in [5.74, 6) is 0.687. The van der Waals surface area contributed by atoms with Crippen molar-refractivity contribution < 1.29 is 29.7 Å². The second-order valence-corrected chi connectivity index (χ2v) is 3.49. The molecule has 1 rings (SSSR count). The summed E-state index contributed by atoms with van der Waals surface area (Å²) in [6.45, 7) is 4.47. The molecule has 1 aliphatic carbocycles. The Kier molecular flexibility index (Phi) is 8.96. The zero-order valence-corrected chi connectivity index (χ0v) is 10.6. The monoisotopic (exact) mass is 264 g/mol. The molecule has 0 radical (unpaired) electrons. The van der Waals surface area contributed by atoms with Crippen LogP contribution in [0.2, 0.25) is 0 Å². The number of unbranched alkanes of at least 4 members (excludes halogenated alkanes) is 1. The van der Waals surface area contributed by atoms with E-state index in [-0.39, 0.29) is 0 Å². The molecule has 0 nitrogen and oxygen atoms in total. The first-order valence-corrected chi connectivity index (χ1v) is 6.45. The number of rotatable bonds is 3. The van der Waals surface area contributed by atoms with Gasteiger partial charge in [-0.1, -0.05) is 44.1 Å². The van der Waals surface area contributed by atoms with Gasteiger partial charge in [0.2, 0.25) is 0 Å². The summed E-state index contributed by atoms with van der Waals surface area (Å²) in [6, 6.07) is 0. The fourth-order valence-corrected chi connectivity index (χ4v) is 1.27. The van der Waals surface area contributed by atoms with Crippen LogP contribution >= 0.6 is 0 Å². The van der Waals surface area contributed by atoms with Crippen molar-refractivity contribution in [3.8, 4) is 0 Å². The number of hydrogen-bond acceptors (Lipinski definition) is 0. The first-order valence-electron chi connectivity index (χ1n) is 4.59. The molecule has 1 atom stereocenters. The Morgan fingerprint density at radius 3 is 2.46 bits per heavy atom. The minimum absolute atomic E-state index is 0.687. The van der Waals surface area contributed by atoms with Crippen molar-refractivity contribution in [3.05, 3.63) is 23.8 Å². The summed E-state index contributed by atoms with van der Waals surface area (Å²) in [6.07, 6.45) is 10.8. The van der Waals surface area contributed by atoms with E-state index in [4.69, 9.17) is 0 Å². The third-order valence-corrected chi connectivity index (χ3v) is 1.91. The Labute approximate surface area is 92.4 Å². The summed E-state index contributed by atoms with van der Waals surface area (Å²) >= 11 is -2.77. The zero-order chi connectivity index (χ0) is 10.1. The minimum atomic E-state index is -2.77. The van der Waals surface area contributed by atoms with Gasteiger partial charge in [0.05, 0.1) is 0 Å². The van der Waals surface area contributed by atoms with Crippen LogP contribution in [0.15, 0.2) is 23.8 Å². The molecule has 0 aromatic rings. The quantitative estimate of drug-likeness (QED) is 0.719. The molecule has 3 heteroatoms. The van der Waals surface area contributed by atoms with Crippen LogP contribution in [0.4, 0.5) is 5.25 Å². The summed E-state index contributed by atoms with van der Waals surface area (Å²) in [4.78, 5) is 0. The van der Waals surface area contributed by atoms with Gasteiger partial charge in [0.1, 0.15) is 0 Å². The van der Waals surface area contributed by atoms with Crippen molar-refractivity contribution >= 4 is 0 Å². The Bertz CT molecular complexity index is 176. The van der Waals surface area contributed by atoms with Gasteiger partial charge in [-0.15, -0.1) is 0 Å². The van der Waals surface area contributed by atoms with Gasteiger partial charge < -0.3 is 0 Å². The topological polar surface area (TPSA) is 0 Å². The fraction of sp³-hybridized carbons (Fsp3) is 0.600. The van der Waals surface area contributed by atoms with Crippen LogP contribution < -0.4 is 0 Å². The molecule has 0 bridgehead atoms. The van der Waals surface area contributed by atoms with E-state index in [0.717, 1.165) is 0 Å². The molecule has 0 spiro atoms. The predicted molar refractivity (Wildman–Crippen MR) is 48.1 cm³/mol. The Morgan fingerprint density at radius 2 is 2.08 bits per heavy atom. The molecule has 0 saturated carbocycles. The van der Waals surface area contributed by atoms with E-state index in [9.17, 15) is 5.25 Å². The molecular weight excluding hydrogens is 249 g/mol. The second-order valence-electron chi connectivity index (χ2n) is 3.13. The van der Waals surface area contributed by atoms with Gasteiger partial charge in [-0.2, -0.15) is 0 Å². The van der Waals surface area contributed by atoms with E-state index in [1.807, 2.05) is 0 Å². The third-order valence-electron chi connectivity index (χ3n) is 1.91. The summed E-state index contributed by atoms with van der Waals surface area (Å²) in [5.41, 5.74) is 1.54. The number of halogens is 2. The molecule has 0 amide bonds. The molecular formula is C10H16F2Zr. The zero-order valence-electron chi connectivity index (χ0n) is 8.19. The van der Waals surface area contributed by atoms with E-state index in [0.29, 0.717) is 5.92 Å². The first-order chi connectivity index (χ1) is 6.24. The maximum absolute atomic E-state index is 9.80. The Morgan fingerprint density at radius 1 is 1.46 bits per heavy atom. The Balaban J connectivity index is 0.000000424. The van der Waals surface area contributed by atoms with Crippen molar-refractivity contribution in [2.75, 3.05) is 0 Å². The van der Waals surface area contributed by atoms with Crippen LogP contribution in [-0.2, 0) is 24.5 Å². The van der Waals surface area contributed by atoms with Crippen LogP contribution in [0.1, 0.15) is 33.1 Å². The third kappa shape index (κ3) is 7.31. The van der Waals surface area contributed by atoms with E-state index < -0.39 is 24.5 Å². The molecule has 1 aliphatic rings. The van der Waals surface area contributed by atoms with Crippen molar-refractivity contribution in [3.63, 3.8) is 0 Å². The average molecular weight is 265 g/mol. The first kappa shape index (κ1) is 13.2. The van der Waals surface area contributed by atoms with Crippen LogP contribution in [0.3, 0.4) is 0 Å². The molecule has 0 saturated heterocycles. The van der Waals surface area contributed by atoms with Gasteiger partial charge in [0.15, 0.2) is 0 Å².